The number of nitrogens with one attached hydrogen (secondary N) is 1. The highest BCUT2D eigenvalue weighted by molar-refractivity contribution is 9.10. The summed E-state index contributed by atoms with van der Waals surface area (Å²) in [6, 6.07) is 7.32. The number of halogens is 1. The molecule has 3 aromatic heterocycles. The standard InChI is InChI=1S/C15H13BrN6O2/c16-14-19-11-12(21(14)5-6-23)20-15-18-10(7-22(15)13(11)24)8-1-3-9(17)4-2-8/h1-4,7,23H,5-6,17H2,(H,18,20). The number of aromatic nitrogens is 5. The third-order valence-electron chi connectivity index (χ3n) is 3.81. The van der Waals surface area contributed by atoms with Crippen LogP contribution in [-0.4, -0.2) is 35.6 Å². The van der Waals surface area contributed by atoms with Crippen molar-refractivity contribution < 1.29 is 5.11 Å². The van der Waals surface area contributed by atoms with Gasteiger partial charge in [0.15, 0.2) is 15.9 Å². The number of hydrogen-bond donors (Lipinski definition) is 3. The van der Waals surface area contributed by atoms with Gasteiger partial charge < -0.3 is 20.4 Å². The van der Waals surface area contributed by atoms with Crippen LogP contribution in [0.1, 0.15) is 0 Å². The zero-order chi connectivity index (χ0) is 16.8. The average Bonchev–Trinajstić information content (AvgIpc) is 3.12. The molecule has 0 aliphatic rings. The molecule has 0 radical (unpaired) electrons. The maximum Gasteiger partial charge on any atom is 0.287 e. The van der Waals surface area contributed by atoms with E-state index < -0.39 is 0 Å². The van der Waals surface area contributed by atoms with Crippen molar-refractivity contribution in [2.24, 2.45) is 0 Å². The van der Waals surface area contributed by atoms with E-state index in [2.05, 4.69) is 30.9 Å². The lowest BCUT2D eigenvalue weighted by molar-refractivity contribution is 0.276. The lowest BCUT2D eigenvalue weighted by Crippen LogP contribution is -2.14. The molecule has 122 valence electrons. The summed E-state index contributed by atoms with van der Waals surface area (Å²) in [5.41, 5.74) is 8.41. The monoisotopic (exact) mass is 388 g/mol. The molecule has 0 amide bonds. The van der Waals surface area contributed by atoms with Crippen molar-refractivity contribution in [1.29, 1.82) is 0 Å². The second kappa shape index (κ2) is 5.46. The number of nitrogen functional groups attached to an aromatic ring is 1. The number of nitrogens with two attached hydrogens (primary N) is 1. The lowest BCUT2D eigenvalue weighted by Gasteiger charge is -2.01. The topological polar surface area (TPSA) is 114 Å². The molecular weight excluding hydrogens is 376 g/mol. The summed E-state index contributed by atoms with van der Waals surface area (Å²) < 4.78 is 3.54. The number of nitrogens with zero attached hydrogens (tertiary/aromatic N) is 4. The Morgan fingerprint density at radius 3 is 2.71 bits per heavy atom. The molecule has 0 bridgehead atoms. The molecule has 9 heteroatoms. The number of H-pyrrole nitrogens is 1. The number of fused-ring (bicyclic) bond motifs is 2. The number of rotatable bonds is 3. The zero-order valence-corrected chi connectivity index (χ0v) is 14.0. The Labute approximate surface area is 143 Å². The SMILES string of the molecule is Nc1ccc(-c2cn3c(=O)c4nc(Br)n(CCO)c4nc3[nH]2)cc1. The van der Waals surface area contributed by atoms with E-state index in [-0.39, 0.29) is 17.7 Å². The largest absolute Gasteiger partial charge is 0.399 e. The number of imidazole rings is 2. The van der Waals surface area contributed by atoms with Gasteiger partial charge in [0.2, 0.25) is 5.78 Å². The van der Waals surface area contributed by atoms with Gasteiger partial charge in [0, 0.05) is 18.4 Å². The first-order chi connectivity index (χ1) is 11.6. The molecule has 0 saturated carbocycles. The molecule has 1 aromatic carbocycles. The summed E-state index contributed by atoms with van der Waals surface area (Å²) in [6.45, 7) is 0.220. The van der Waals surface area contributed by atoms with Crippen LogP contribution in [0, 0.1) is 0 Å². The van der Waals surface area contributed by atoms with Gasteiger partial charge in [-0.15, -0.1) is 0 Å². The Morgan fingerprint density at radius 1 is 1.25 bits per heavy atom. The first kappa shape index (κ1) is 14.9. The van der Waals surface area contributed by atoms with Crippen LogP contribution in [0.2, 0.25) is 0 Å². The molecule has 0 aliphatic heterocycles. The van der Waals surface area contributed by atoms with Crippen molar-refractivity contribution in [2.75, 3.05) is 12.3 Å². The quantitative estimate of drug-likeness (QED) is 0.362. The van der Waals surface area contributed by atoms with E-state index in [4.69, 9.17) is 5.73 Å². The van der Waals surface area contributed by atoms with Crippen LogP contribution in [-0.2, 0) is 6.54 Å². The fraction of sp³-hybridized carbons (Fsp3) is 0.133. The highest BCUT2D eigenvalue weighted by Gasteiger charge is 2.16. The van der Waals surface area contributed by atoms with Gasteiger partial charge >= 0.3 is 0 Å². The van der Waals surface area contributed by atoms with Gasteiger partial charge in [-0.2, -0.15) is 4.98 Å². The van der Waals surface area contributed by atoms with Crippen molar-refractivity contribution >= 4 is 38.6 Å². The predicted octanol–water partition coefficient (Wildman–Crippen LogP) is 1.38. The summed E-state index contributed by atoms with van der Waals surface area (Å²) in [5.74, 6) is 0.408. The van der Waals surface area contributed by atoms with Crippen LogP contribution in [0.5, 0.6) is 0 Å². The third kappa shape index (κ3) is 2.21. The van der Waals surface area contributed by atoms with Crippen molar-refractivity contribution in [3.05, 3.63) is 45.5 Å². The molecule has 0 saturated heterocycles. The molecule has 24 heavy (non-hydrogen) atoms. The van der Waals surface area contributed by atoms with E-state index in [0.717, 1.165) is 11.3 Å². The van der Waals surface area contributed by atoms with Gasteiger partial charge in [0.25, 0.3) is 5.56 Å². The predicted molar refractivity (Wildman–Crippen MR) is 93.7 cm³/mol. The van der Waals surface area contributed by atoms with Crippen molar-refractivity contribution in [2.45, 2.75) is 6.54 Å². The summed E-state index contributed by atoms with van der Waals surface area (Å²) >= 11 is 3.29. The van der Waals surface area contributed by atoms with Crippen LogP contribution >= 0.6 is 15.9 Å². The Morgan fingerprint density at radius 2 is 2.00 bits per heavy atom. The number of aliphatic hydroxyl groups excluding tert-OH is 1. The fourth-order valence-electron chi connectivity index (χ4n) is 2.64. The molecule has 3 heterocycles. The molecule has 0 spiro atoms. The highest BCUT2D eigenvalue weighted by atomic mass is 79.9. The van der Waals surface area contributed by atoms with E-state index in [1.54, 1.807) is 22.9 Å². The van der Waals surface area contributed by atoms with Crippen LogP contribution < -0.4 is 11.3 Å². The van der Waals surface area contributed by atoms with E-state index >= 15 is 0 Å². The van der Waals surface area contributed by atoms with E-state index in [9.17, 15) is 9.90 Å². The smallest absolute Gasteiger partial charge is 0.287 e. The Kier molecular flexibility index (Phi) is 3.39. The minimum atomic E-state index is -0.273. The minimum Gasteiger partial charge on any atom is -0.399 e. The molecule has 4 aromatic rings. The summed E-state index contributed by atoms with van der Waals surface area (Å²) in [7, 11) is 0. The molecule has 0 fully saturated rings. The summed E-state index contributed by atoms with van der Waals surface area (Å²) in [6.07, 6.45) is 1.69. The van der Waals surface area contributed by atoms with Crippen molar-refractivity contribution in [1.82, 2.24) is 23.9 Å². The molecule has 8 nitrogen and oxygen atoms in total. The van der Waals surface area contributed by atoms with Crippen molar-refractivity contribution in [3.63, 3.8) is 0 Å². The summed E-state index contributed by atoms with van der Waals surface area (Å²) in [4.78, 5) is 24.5. The number of aliphatic hydroxyl groups is 1. The molecular formula is C15H13BrN6O2. The number of benzene rings is 1. The fourth-order valence-corrected chi connectivity index (χ4v) is 3.16. The average molecular weight is 389 g/mol. The lowest BCUT2D eigenvalue weighted by atomic mass is 10.1. The van der Waals surface area contributed by atoms with Gasteiger partial charge in [-0.25, -0.2) is 9.38 Å². The molecule has 0 aliphatic carbocycles. The highest BCUT2D eigenvalue weighted by Crippen LogP contribution is 2.21. The zero-order valence-electron chi connectivity index (χ0n) is 12.4. The number of anilines is 1. The van der Waals surface area contributed by atoms with Crippen LogP contribution in [0.3, 0.4) is 0 Å². The van der Waals surface area contributed by atoms with E-state index in [1.807, 2.05) is 12.1 Å². The molecule has 0 unspecified atom stereocenters. The maximum atomic E-state index is 12.7. The minimum absolute atomic E-state index is 0.0769. The number of hydrogen-bond acceptors (Lipinski definition) is 5. The van der Waals surface area contributed by atoms with Gasteiger partial charge in [-0.1, -0.05) is 12.1 Å². The van der Waals surface area contributed by atoms with E-state index in [1.165, 1.54) is 4.40 Å². The third-order valence-corrected chi connectivity index (χ3v) is 4.41. The first-order valence-electron chi connectivity index (χ1n) is 7.22. The normalized spacial score (nSPS) is 11.6. The Hall–Kier alpha value is -2.65. The van der Waals surface area contributed by atoms with Gasteiger partial charge in [-0.05, 0) is 33.6 Å². The number of aromatic amines is 1. The Balaban J connectivity index is 1.97. The van der Waals surface area contributed by atoms with Gasteiger partial charge in [-0.3, -0.25) is 4.79 Å². The van der Waals surface area contributed by atoms with Crippen LogP contribution in [0.4, 0.5) is 5.69 Å². The first-order valence-corrected chi connectivity index (χ1v) is 8.01. The Bertz CT molecular complexity index is 1110. The van der Waals surface area contributed by atoms with Crippen molar-refractivity contribution in [3.8, 4) is 11.3 Å². The van der Waals surface area contributed by atoms with Crippen LogP contribution in [0.15, 0.2) is 40.0 Å². The maximum absolute atomic E-state index is 12.7. The van der Waals surface area contributed by atoms with Gasteiger partial charge in [0.05, 0.1) is 12.3 Å². The van der Waals surface area contributed by atoms with Crippen LogP contribution in [0.25, 0.3) is 28.2 Å². The molecule has 4 N–H and O–H groups in total. The summed E-state index contributed by atoms with van der Waals surface area (Å²) in [5, 5.41) is 9.18. The molecule has 4 rings (SSSR count). The second-order valence-electron chi connectivity index (χ2n) is 5.33. The van der Waals surface area contributed by atoms with Gasteiger partial charge in [0.1, 0.15) is 0 Å². The second-order valence-corrected chi connectivity index (χ2v) is 6.04. The van der Waals surface area contributed by atoms with E-state index in [0.29, 0.717) is 28.4 Å². The molecule has 0 atom stereocenters.